The van der Waals surface area contributed by atoms with Gasteiger partial charge in [-0.15, -0.1) is 0 Å². The minimum absolute atomic E-state index is 0.160. The lowest BCUT2D eigenvalue weighted by Crippen LogP contribution is -2.38. The second-order valence-electron chi connectivity index (χ2n) is 6.65. The van der Waals surface area contributed by atoms with Crippen LogP contribution in [0.5, 0.6) is 11.5 Å². The third-order valence-corrected chi connectivity index (χ3v) is 4.41. The third kappa shape index (κ3) is 4.79. The van der Waals surface area contributed by atoms with Gasteiger partial charge in [0.2, 0.25) is 0 Å². The number of hydrogen-bond donors (Lipinski definition) is 1. The SMILES string of the molecule is Cc1ccc(OCCNC(=O)[C@@H](C)Oc2cccc3ccccc23)c(C)c1. The number of rotatable bonds is 7. The fourth-order valence-electron chi connectivity index (χ4n) is 2.98. The summed E-state index contributed by atoms with van der Waals surface area (Å²) in [6.07, 6.45) is -0.586. The summed E-state index contributed by atoms with van der Waals surface area (Å²) in [7, 11) is 0. The molecule has 0 saturated carbocycles. The largest absolute Gasteiger partial charge is 0.491 e. The molecule has 0 unspecified atom stereocenters. The minimum Gasteiger partial charge on any atom is -0.491 e. The van der Waals surface area contributed by atoms with E-state index in [4.69, 9.17) is 9.47 Å². The summed E-state index contributed by atoms with van der Waals surface area (Å²) in [5.41, 5.74) is 2.29. The summed E-state index contributed by atoms with van der Waals surface area (Å²) in [4.78, 5) is 12.3. The smallest absolute Gasteiger partial charge is 0.260 e. The van der Waals surface area contributed by atoms with Crippen molar-refractivity contribution >= 4 is 16.7 Å². The van der Waals surface area contributed by atoms with Crippen LogP contribution in [0.1, 0.15) is 18.1 Å². The van der Waals surface area contributed by atoms with E-state index in [9.17, 15) is 4.79 Å². The zero-order valence-corrected chi connectivity index (χ0v) is 16.0. The normalized spacial score (nSPS) is 11.8. The zero-order valence-electron chi connectivity index (χ0n) is 16.0. The summed E-state index contributed by atoms with van der Waals surface area (Å²) in [6.45, 7) is 6.66. The van der Waals surface area contributed by atoms with Gasteiger partial charge in [0.15, 0.2) is 6.10 Å². The van der Waals surface area contributed by atoms with E-state index in [2.05, 4.69) is 11.4 Å². The molecular weight excluding hydrogens is 338 g/mol. The highest BCUT2D eigenvalue weighted by molar-refractivity contribution is 5.89. The van der Waals surface area contributed by atoms with Crippen LogP contribution in [-0.4, -0.2) is 25.2 Å². The Labute approximate surface area is 160 Å². The number of carbonyl (C=O) groups excluding carboxylic acids is 1. The molecule has 3 aromatic carbocycles. The van der Waals surface area contributed by atoms with Crippen molar-refractivity contribution in [1.82, 2.24) is 5.32 Å². The van der Waals surface area contributed by atoms with Crippen LogP contribution in [-0.2, 0) is 4.79 Å². The molecule has 0 radical (unpaired) electrons. The molecule has 1 atom stereocenters. The summed E-state index contributed by atoms with van der Waals surface area (Å²) >= 11 is 0. The van der Waals surface area contributed by atoms with Crippen molar-refractivity contribution in [3.63, 3.8) is 0 Å². The van der Waals surface area contributed by atoms with Gasteiger partial charge in [-0.3, -0.25) is 4.79 Å². The average molecular weight is 363 g/mol. The molecule has 0 heterocycles. The maximum atomic E-state index is 12.3. The van der Waals surface area contributed by atoms with Gasteiger partial charge in [0, 0.05) is 5.39 Å². The average Bonchev–Trinajstić information content (AvgIpc) is 2.66. The number of aryl methyl sites for hydroxylation is 2. The molecular formula is C23H25NO3. The van der Waals surface area contributed by atoms with Crippen LogP contribution in [0.3, 0.4) is 0 Å². The second-order valence-corrected chi connectivity index (χ2v) is 6.65. The molecule has 0 fully saturated rings. The number of carbonyl (C=O) groups is 1. The first-order valence-corrected chi connectivity index (χ1v) is 9.17. The lowest BCUT2D eigenvalue weighted by molar-refractivity contribution is -0.127. The van der Waals surface area contributed by atoms with Crippen molar-refractivity contribution in [3.05, 3.63) is 71.8 Å². The van der Waals surface area contributed by atoms with Gasteiger partial charge in [-0.1, -0.05) is 54.1 Å². The molecule has 3 rings (SSSR count). The van der Waals surface area contributed by atoms with E-state index in [1.807, 2.05) is 68.4 Å². The van der Waals surface area contributed by atoms with Crippen molar-refractivity contribution in [3.8, 4) is 11.5 Å². The molecule has 0 aliphatic carbocycles. The number of ether oxygens (including phenoxy) is 2. The molecule has 0 aromatic heterocycles. The zero-order chi connectivity index (χ0) is 19.2. The molecule has 4 nitrogen and oxygen atoms in total. The molecule has 4 heteroatoms. The molecule has 1 N–H and O–H groups in total. The van der Waals surface area contributed by atoms with Crippen molar-refractivity contribution < 1.29 is 14.3 Å². The standard InChI is InChI=1S/C23H25NO3/c1-16-11-12-21(17(2)15-16)26-14-13-24-23(25)18(3)27-22-10-6-8-19-7-4-5-9-20(19)22/h4-12,15,18H,13-14H2,1-3H3,(H,24,25)/t18-/m1/s1. The number of fused-ring (bicyclic) bond motifs is 1. The van der Waals surface area contributed by atoms with Gasteiger partial charge < -0.3 is 14.8 Å². The van der Waals surface area contributed by atoms with Gasteiger partial charge in [-0.2, -0.15) is 0 Å². The molecule has 27 heavy (non-hydrogen) atoms. The summed E-state index contributed by atoms with van der Waals surface area (Å²) in [6, 6.07) is 19.9. The minimum atomic E-state index is -0.586. The predicted molar refractivity (Wildman–Crippen MR) is 108 cm³/mol. The topological polar surface area (TPSA) is 47.6 Å². The van der Waals surface area contributed by atoms with E-state index < -0.39 is 6.10 Å². The first kappa shape index (κ1) is 18.8. The monoisotopic (exact) mass is 363 g/mol. The Morgan fingerprint density at radius 1 is 1.00 bits per heavy atom. The van der Waals surface area contributed by atoms with Crippen LogP contribution < -0.4 is 14.8 Å². The molecule has 140 valence electrons. The van der Waals surface area contributed by atoms with Crippen molar-refractivity contribution in [2.45, 2.75) is 26.9 Å². The quantitative estimate of drug-likeness (QED) is 0.632. The number of nitrogens with one attached hydrogen (secondary N) is 1. The van der Waals surface area contributed by atoms with Gasteiger partial charge in [0.25, 0.3) is 5.91 Å². The van der Waals surface area contributed by atoms with Gasteiger partial charge in [0.05, 0.1) is 6.54 Å². The van der Waals surface area contributed by atoms with Gasteiger partial charge in [-0.05, 0) is 43.9 Å². The fourth-order valence-corrected chi connectivity index (χ4v) is 2.98. The summed E-state index contributed by atoms with van der Waals surface area (Å²) < 4.78 is 11.6. The van der Waals surface area contributed by atoms with E-state index in [0.717, 1.165) is 22.1 Å². The van der Waals surface area contributed by atoms with E-state index in [0.29, 0.717) is 18.9 Å². The van der Waals surface area contributed by atoms with Crippen LogP contribution in [0.4, 0.5) is 0 Å². The van der Waals surface area contributed by atoms with Gasteiger partial charge in [0.1, 0.15) is 18.1 Å². The lowest BCUT2D eigenvalue weighted by atomic mass is 10.1. The van der Waals surface area contributed by atoms with Gasteiger partial charge >= 0.3 is 0 Å². The van der Waals surface area contributed by atoms with Crippen LogP contribution in [0.25, 0.3) is 10.8 Å². The van der Waals surface area contributed by atoms with Crippen LogP contribution in [0, 0.1) is 13.8 Å². The molecule has 0 saturated heterocycles. The Morgan fingerprint density at radius 3 is 2.59 bits per heavy atom. The predicted octanol–water partition coefficient (Wildman–Crippen LogP) is 4.42. The fraction of sp³-hybridized carbons (Fsp3) is 0.261. The Bertz CT molecular complexity index is 931. The molecule has 0 aliphatic heterocycles. The lowest BCUT2D eigenvalue weighted by Gasteiger charge is -2.16. The van der Waals surface area contributed by atoms with Crippen molar-refractivity contribution in [2.75, 3.05) is 13.2 Å². The van der Waals surface area contributed by atoms with E-state index in [-0.39, 0.29) is 5.91 Å². The Hall–Kier alpha value is -3.01. The molecule has 0 bridgehead atoms. The number of hydrogen-bond acceptors (Lipinski definition) is 3. The molecule has 0 aliphatic rings. The molecule has 0 spiro atoms. The van der Waals surface area contributed by atoms with Crippen LogP contribution in [0.15, 0.2) is 60.7 Å². The Kier molecular flexibility index (Phi) is 5.97. The van der Waals surface area contributed by atoms with E-state index in [1.165, 1.54) is 5.56 Å². The number of amides is 1. The maximum Gasteiger partial charge on any atom is 0.260 e. The second kappa shape index (κ2) is 8.58. The highest BCUT2D eigenvalue weighted by Gasteiger charge is 2.15. The van der Waals surface area contributed by atoms with Crippen molar-refractivity contribution in [2.24, 2.45) is 0 Å². The van der Waals surface area contributed by atoms with Gasteiger partial charge in [-0.25, -0.2) is 0 Å². The first-order valence-electron chi connectivity index (χ1n) is 9.17. The Morgan fingerprint density at radius 2 is 1.78 bits per heavy atom. The van der Waals surface area contributed by atoms with Crippen LogP contribution in [0.2, 0.25) is 0 Å². The summed E-state index contributed by atoms with van der Waals surface area (Å²) in [5, 5.41) is 4.95. The highest BCUT2D eigenvalue weighted by Crippen LogP contribution is 2.26. The summed E-state index contributed by atoms with van der Waals surface area (Å²) in [5.74, 6) is 1.39. The molecule has 1 amide bonds. The third-order valence-electron chi connectivity index (χ3n) is 4.41. The maximum absolute atomic E-state index is 12.3. The Balaban J connectivity index is 1.50. The first-order chi connectivity index (χ1) is 13.0. The van der Waals surface area contributed by atoms with Crippen LogP contribution >= 0.6 is 0 Å². The highest BCUT2D eigenvalue weighted by atomic mass is 16.5. The molecule has 3 aromatic rings. The van der Waals surface area contributed by atoms with E-state index in [1.54, 1.807) is 6.92 Å². The van der Waals surface area contributed by atoms with Crippen molar-refractivity contribution in [1.29, 1.82) is 0 Å². The van der Waals surface area contributed by atoms with E-state index >= 15 is 0 Å². The number of benzene rings is 3.